The van der Waals surface area contributed by atoms with Crippen LogP contribution in [-0.2, 0) is 38.1 Å². The molecule has 11 nitrogen and oxygen atoms in total. The maximum atomic E-state index is 12.2. The lowest BCUT2D eigenvalue weighted by atomic mass is 9.84. The molecule has 0 bridgehead atoms. The summed E-state index contributed by atoms with van der Waals surface area (Å²) in [7, 11) is 1.31. The smallest absolute Gasteiger partial charge is 0.329 e. The van der Waals surface area contributed by atoms with Gasteiger partial charge in [0.1, 0.15) is 16.8 Å². The van der Waals surface area contributed by atoms with Gasteiger partial charge in [0.05, 0.1) is 26.4 Å². The van der Waals surface area contributed by atoms with Crippen LogP contribution in [0.3, 0.4) is 0 Å². The Morgan fingerprint density at radius 3 is 1.11 bits per heavy atom. The molecule has 0 unspecified atom stereocenters. The van der Waals surface area contributed by atoms with Gasteiger partial charge in [0.25, 0.3) is 0 Å². The van der Waals surface area contributed by atoms with Crippen LogP contribution in [0.15, 0.2) is 12.7 Å². The number of methoxy groups -OCH3 is 1. The van der Waals surface area contributed by atoms with E-state index < -0.39 is 51.1 Å². The normalized spacial score (nSPS) is 11.8. The van der Waals surface area contributed by atoms with Crippen LogP contribution >= 0.6 is 0 Å². The van der Waals surface area contributed by atoms with Crippen LogP contribution in [0.2, 0.25) is 0 Å². The quantitative estimate of drug-likeness (QED) is 0.121. The monoisotopic (exact) mass is 531 g/mol. The van der Waals surface area contributed by atoms with Gasteiger partial charge in [0.15, 0.2) is 0 Å². The Morgan fingerprint density at radius 1 is 0.703 bits per heavy atom. The standard InChI is InChI=1S/C22H39NO8.C4H6O2/c1-19(2,3)29-16(24)10-13-22(23(27)28,14-11-17(25)30-20(4,5)6)15-12-18(26)31-21(7,8)9;1-3-4(5)6-2/h10-15H2,1-9H3;3H,1H2,2H3. The van der Waals surface area contributed by atoms with Crippen LogP contribution in [0.25, 0.3) is 0 Å². The predicted molar refractivity (Wildman–Crippen MR) is 137 cm³/mol. The molecule has 0 atom stereocenters. The summed E-state index contributed by atoms with van der Waals surface area (Å²) in [5.41, 5.74) is -3.82. The Kier molecular flexibility index (Phi) is 15.0. The van der Waals surface area contributed by atoms with E-state index in [9.17, 15) is 29.3 Å². The van der Waals surface area contributed by atoms with Crippen LogP contribution in [-0.4, -0.2) is 58.3 Å². The summed E-state index contributed by atoms with van der Waals surface area (Å²) in [5, 5.41) is 12.1. The summed E-state index contributed by atoms with van der Waals surface area (Å²) in [6.07, 6.45) is -0.00973. The van der Waals surface area contributed by atoms with Gasteiger partial charge >= 0.3 is 23.9 Å². The highest BCUT2D eigenvalue weighted by molar-refractivity contribution is 5.80. The Labute approximate surface area is 220 Å². The van der Waals surface area contributed by atoms with E-state index in [1.165, 1.54) is 7.11 Å². The van der Waals surface area contributed by atoms with E-state index >= 15 is 0 Å². The topological polar surface area (TPSA) is 148 Å². The lowest BCUT2D eigenvalue weighted by Crippen LogP contribution is -2.41. The first-order valence-corrected chi connectivity index (χ1v) is 12.1. The van der Waals surface area contributed by atoms with Gasteiger partial charge < -0.3 is 18.9 Å². The van der Waals surface area contributed by atoms with Gasteiger partial charge in [-0.05, 0) is 62.3 Å². The zero-order valence-corrected chi connectivity index (χ0v) is 24.1. The highest BCUT2D eigenvalue weighted by atomic mass is 16.6. The second-order valence-corrected chi connectivity index (χ2v) is 11.5. The van der Waals surface area contributed by atoms with Crippen molar-refractivity contribution < 1.29 is 43.0 Å². The number of nitro groups is 1. The molecular weight excluding hydrogens is 486 g/mol. The molecule has 0 spiro atoms. The van der Waals surface area contributed by atoms with Crippen molar-refractivity contribution in [3.05, 3.63) is 22.8 Å². The van der Waals surface area contributed by atoms with Gasteiger partial charge in [0.2, 0.25) is 5.54 Å². The average Bonchev–Trinajstić information content (AvgIpc) is 2.69. The van der Waals surface area contributed by atoms with Crippen molar-refractivity contribution in [3.8, 4) is 0 Å². The van der Waals surface area contributed by atoms with E-state index in [1.54, 1.807) is 62.3 Å². The molecule has 0 saturated carbocycles. The predicted octanol–water partition coefficient (Wildman–Crippen LogP) is 4.71. The molecule has 0 aromatic rings. The second-order valence-electron chi connectivity index (χ2n) is 11.5. The fourth-order valence-corrected chi connectivity index (χ4v) is 2.91. The lowest BCUT2D eigenvalue weighted by Gasteiger charge is -2.27. The number of carbonyl (C=O) groups excluding carboxylic acids is 4. The molecule has 0 aromatic heterocycles. The van der Waals surface area contributed by atoms with E-state index in [4.69, 9.17) is 14.2 Å². The molecule has 0 fully saturated rings. The van der Waals surface area contributed by atoms with Crippen molar-refractivity contribution in [2.24, 2.45) is 0 Å². The number of rotatable bonds is 11. The first kappa shape index (κ1) is 36.2. The molecule has 0 saturated heterocycles. The Morgan fingerprint density at radius 2 is 0.973 bits per heavy atom. The zero-order valence-electron chi connectivity index (χ0n) is 24.1. The minimum atomic E-state index is -1.66. The average molecular weight is 532 g/mol. The lowest BCUT2D eigenvalue weighted by molar-refractivity contribution is -0.573. The molecule has 11 heteroatoms. The minimum Gasteiger partial charge on any atom is -0.466 e. The molecule has 0 aliphatic rings. The van der Waals surface area contributed by atoms with Crippen molar-refractivity contribution in [1.29, 1.82) is 0 Å². The third kappa shape index (κ3) is 19.8. The molecular formula is C26H45NO10. The van der Waals surface area contributed by atoms with Crippen LogP contribution in [0, 0.1) is 10.1 Å². The SMILES string of the molecule is C=CC(=O)OC.CC(C)(C)OC(=O)CCC(CCC(=O)OC(C)(C)C)(CCC(=O)OC(C)(C)C)[N+](=O)[O-]. The first-order chi connectivity index (χ1) is 16.6. The first-order valence-electron chi connectivity index (χ1n) is 12.1. The van der Waals surface area contributed by atoms with Gasteiger partial charge in [-0.25, -0.2) is 4.79 Å². The van der Waals surface area contributed by atoms with Crippen LogP contribution in [0.5, 0.6) is 0 Å². The molecule has 0 aromatic carbocycles. The van der Waals surface area contributed by atoms with Crippen molar-refractivity contribution in [3.63, 3.8) is 0 Å². The van der Waals surface area contributed by atoms with Crippen molar-refractivity contribution in [1.82, 2.24) is 0 Å². The molecule has 0 amide bonds. The van der Waals surface area contributed by atoms with Gasteiger partial charge in [-0.3, -0.25) is 24.5 Å². The Hall–Kier alpha value is -2.98. The van der Waals surface area contributed by atoms with Gasteiger partial charge in [-0.1, -0.05) is 6.58 Å². The fraction of sp³-hybridized carbons (Fsp3) is 0.769. The van der Waals surface area contributed by atoms with Crippen LogP contribution in [0.1, 0.15) is 101 Å². The van der Waals surface area contributed by atoms with E-state index in [2.05, 4.69) is 11.3 Å². The number of hydrogen-bond donors (Lipinski definition) is 0. The van der Waals surface area contributed by atoms with E-state index in [1.807, 2.05) is 0 Å². The highest BCUT2D eigenvalue weighted by Crippen LogP contribution is 2.31. The molecule has 0 radical (unpaired) electrons. The molecule has 0 heterocycles. The third-order valence-corrected chi connectivity index (χ3v) is 4.40. The summed E-state index contributed by atoms with van der Waals surface area (Å²) < 4.78 is 19.9. The Bertz CT molecular complexity index is 719. The van der Waals surface area contributed by atoms with Crippen molar-refractivity contribution in [2.45, 2.75) is 123 Å². The van der Waals surface area contributed by atoms with Crippen LogP contribution < -0.4 is 0 Å². The van der Waals surface area contributed by atoms with E-state index in [0.29, 0.717) is 0 Å². The number of ether oxygens (including phenoxy) is 4. The number of carbonyl (C=O) groups is 4. The number of nitrogens with zero attached hydrogens (tertiary/aromatic N) is 1. The van der Waals surface area contributed by atoms with E-state index in [-0.39, 0.29) is 38.5 Å². The van der Waals surface area contributed by atoms with Crippen molar-refractivity contribution in [2.75, 3.05) is 7.11 Å². The molecule has 214 valence electrons. The molecule has 0 aliphatic carbocycles. The molecule has 0 N–H and O–H groups in total. The summed E-state index contributed by atoms with van der Waals surface area (Å²) in [6.45, 7) is 18.5. The molecule has 37 heavy (non-hydrogen) atoms. The van der Waals surface area contributed by atoms with Gasteiger partial charge in [0, 0.05) is 30.3 Å². The number of hydrogen-bond acceptors (Lipinski definition) is 10. The maximum absolute atomic E-state index is 12.2. The second kappa shape index (κ2) is 15.3. The molecule has 0 rings (SSSR count). The van der Waals surface area contributed by atoms with Gasteiger partial charge in [-0.15, -0.1) is 0 Å². The number of esters is 4. The summed E-state index contributed by atoms with van der Waals surface area (Å²) in [6, 6.07) is 0. The molecule has 0 aliphatic heterocycles. The minimum absolute atomic E-state index is 0.166. The highest BCUT2D eigenvalue weighted by Gasteiger charge is 2.44. The van der Waals surface area contributed by atoms with Gasteiger partial charge in [-0.2, -0.15) is 0 Å². The largest absolute Gasteiger partial charge is 0.466 e. The summed E-state index contributed by atoms with van der Waals surface area (Å²) >= 11 is 0. The Balaban J connectivity index is 0. The van der Waals surface area contributed by atoms with Crippen LogP contribution in [0.4, 0.5) is 0 Å². The fourth-order valence-electron chi connectivity index (χ4n) is 2.91. The maximum Gasteiger partial charge on any atom is 0.329 e. The van der Waals surface area contributed by atoms with E-state index in [0.717, 1.165) is 6.08 Å². The third-order valence-electron chi connectivity index (χ3n) is 4.40. The summed E-state index contributed by atoms with van der Waals surface area (Å²) in [4.78, 5) is 57.9. The van der Waals surface area contributed by atoms with Crippen molar-refractivity contribution >= 4 is 23.9 Å². The zero-order chi connectivity index (χ0) is 29.7. The summed E-state index contributed by atoms with van der Waals surface area (Å²) in [5.74, 6) is -2.12.